The zero-order chi connectivity index (χ0) is 15.1. The number of ether oxygens (including phenoxy) is 2. The van der Waals surface area contributed by atoms with E-state index in [1.165, 1.54) is 0 Å². The van der Waals surface area contributed by atoms with Crippen molar-refractivity contribution in [2.24, 2.45) is 0 Å². The maximum Gasteiger partial charge on any atom is 0.339 e. The van der Waals surface area contributed by atoms with Crippen molar-refractivity contribution in [3.05, 3.63) is 71.3 Å². The van der Waals surface area contributed by atoms with Crippen LogP contribution in [0.25, 0.3) is 0 Å². The summed E-state index contributed by atoms with van der Waals surface area (Å²) in [4.78, 5) is 23.9. The predicted octanol–water partition coefficient (Wildman–Crippen LogP) is 3.22. The van der Waals surface area contributed by atoms with E-state index >= 15 is 0 Å². The second-order valence-electron chi connectivity index (χ2n) is 4.33. The number of rotatable bonds is 5. The normalized spacial score (nSPS) is 9.95. The van der Waals surface area contributed by atoms with Crippen LogP contribution in [0, 0.1) is 0 Å². The fraction of sp³-hybridized carbons (Fsp3) is 0.176. The van der Waals surface area contributed by atoms with Crippen LogP contribution in [-0.2, 0) is 16.1 Å². The Morgan fingerprint density at radius 1 is 0.810 bits per heavy atom. The van der Waals surface area contributed by atoms with E-state index in [0.717, 1.165) is 5.56 Å². The number of benzene rings is 2. The third-order valence-corrected chi connectivity index (χ3v) is 2.86. The molecule has 0 amide bonds. The first-order valence-electron chi connectivity index (χ1n) is 6.69. The van der Waals surface area contributed by atoms with Gasteiger partial charge >= 0.3 is 11.9 Å². The molecule has 108 valence electrons. The molecule has 0 atom stereocenters. The molecule has 0 heterocycles. The highest BCUT2D eigenvalue weighted by molar-refractivity contribution is 6.03. The van der Waals surface area contributed by atoms with Gasteiger partial charge in [0.15, 0.2) is 0 Å². The van der Waals surface area contributed by atoms with E-state index in [4.69, 9.17) is 9.47 Å². The lowest BCUT2D eigenvalue weighted by Crippen LogP contribution is -2.13. The second kappa shape index (κ2) is 7.24. The van der Waals surface area contributed by atoms with E-state index in [9.17, 15) is 9.59 Å². The van der Waals surface area contributed by atoms with Gasteiger partial charge in [-0.25, -0.2) is 9.59 Å². The van der Waals surface area contributed by atoms with E-state index in [2.05, 4.69) is 0 Å². The van der Waals surface area contributed by atoms with Gasteiger partial charge in [-0.3, -0.25) is 0 Å². The van der Waals surface area contributed by atoms with Crippen LogP contribution in [-0.4, -0.2) is 18.5 Å². The lowest BCUT2D eigenvalue weighted by Gasteiger charge is -2.09. The minimum absolute atomic E-state index is 0.164. The summed E-state index contributed by atoms with van der Waals surface area (Å²) in [6.45, 7) is 2.14. The van der Waals surface area contributed by atoms with Crippen LogP contribution in [0.1, 0.15) is 33.2 Å². The first-order valence-corrected chi connectivity index (χ1v) is 6.69. The zero-order valence-corrected chi connectivity index (χ0v) is 11.7. The smallest absolute Gasteiger partial charge is 0.339 e. The van der Waals surface area contributed by atoms with Crippen LogP contribution in [0.5, 0.6) is 0 Å². The number of esters is 2. The van der Waals surface area contributed by atoms with Gasteiger partial charge in [0, 0.05) is 0 Å². The van der Waals surface area contributed by atoms with Gasteiger partial charge in [-0.2, -0.15) is 0 Å². The average Bonchev–Trinajstić information content (AvgIpc) is 2.54. The van der Waals surface area contributed by atoms with Crippen molar-refractivity contribution in [1.82, 2.24) is 0 Å². The third kappa shape index (κ3) is 3.92. The van der Waals surface area contributed by atoms with Crippen molar-refractivity contribution >= 4 is 11.9 Å². The summed E-state index contributed by atoms with van der Waals surface area (Å²) in [6.07, 6.45) is 0. The van der Waals surface area contributed by atoms with Crippen LogP contribution in [0.3, 0.4) is 0 Å². The molecular formula is C17H16O4. The molecule has 0 unspecified atom stereocenters. The van der Waals surface area contributed by atoms with Crippen LogP contribution < -0.4 is 0 Å². The third-order valence-electron chi connectivity index (χ3n) is 2.86. The predicted molar refractivity (Wildman–Crippen MR) is 78.0 cm³/mol. The SMILES string of the molecule is CCOC(=O)c1ccccc1C(=O)OCc1ccccc1. The maximum absolute atomic E-state index is 12.1. The molecule has 2 aromatic carbocycles. The molecule has 0 aliphatic heterocycles. The largest absolute Gasteiger partial charge is 0.462 e. The van der Waals surface area contributed by atoms with Gasteiger partial charge in [0.1, 0.15) is 6.61 Å². The number of hydrogen-bond donors (Lipinski definition) is 0. The maximum atomic E-state index is 12.1. The van der Waals surface area contributed by atoms with Gasteiger partial charge in [-0.1, -0.05) is 42.5 Å². The van der Waals surface area contributed by atoms with Crippen molar-refractivity contribution in [3.63, 3.8) is 0 Å². The fourth-order valence-corrected chi connectivity index (χ4v) is 1.85. The van der Waals surface area contributed by atoms with Crippen LogP contribution in [0.15, 0.2) is 54.6 Å². The van der Waals surface area contributed by atoms with Crippen LogP contribution >= 0.6 is 0 Å². The summed E-state index contributed by atoms with van der Waals surface area (Å²) in [5.74, 6) is -1.06. The molecule has 21 heavy (non-hydrogen) atoms. The summed E-state index contributed by atoms with van der Waals surface area (Å²) in [5.41, 5.74) is 1.32. The Morgan fingerprint density at radius 2 is 1.33 bits per heavy atom. The van der Waals surface area contributed by atoms with E-state index in [-0.39, 0.29) is 24.3 Å². The van der Waals surface area contributed by atoms with Crippen LogP contribution in [0.2, 0.25) is 0 Å². The zero-order valence-electron chi connectivity index (χ0n) is 11.7. The number of hydrogen-bond acceptors (Lipinski definition) is 4. The number of carbonyl (C=O) groups excluding carboxylic acids is 2. The summed E-state index contributed by atoms with van der Waals surface area (Å²) in [7, 11) is 0. The quantitative estimate of drug-likeness (QED) is 0.791. The van der Waals surface area contributed by atoms with Gasteiger partial charge in [0.05, 0.1) is 17.7 Å². The number of carbonyl (C=O) groups is 2. The Hall–Kier alpha value is -2.62. The molecule has 0 aliphatic carbocycles. The first kappa shape index (κ1) is 14.8. The Morgan fingerprint density at radius 3 is 1.90 bits per heavy atom. The second-order valence-corrected chi connectivity index (χ2v) is 4.33. The van der Waals surface area contributed by atoms with E-state index in [1.54, 1.807) is 31.2 Å². The molecule has 2 rings (SSSR count). The molecule has 0 spiro atoms. The minimum atomic E-state index is -0.539. The average molecular weight is 284 g/mol. The van der Waals surface area contributed by atoms with Crippen molar-refractivity contribution < 1.29 is 19.1 Å². The van der Waals surface area contributed by atoms with Gasteiger partial charge in [0.25, 0.3) is 0 Å². The summed E-state index contributed by atoms with van der Waals surface area (Å²) < 4.78 is 10.2. The summed E-state index contributed by atoms with van der Waals surface area (Å²) in [5, 5.41) is 0. The molecule has 0 N–H and O–H groups in total. The first-order chi connectivity index (χ1) is 10.2. The topological polar surface area (TPSA) is 52.6 Å². The molecule has 0 aromatic heterocycles. The standard InChI is InChI=1S/C17H16O4/c1-2-20-16(18)14-10-6-7-11-15(14)17(19)21-12-13-8-4-3-5-9-13/h3-11H,2,12H2,1H3. The Kier molecular flexibility index (Phi) is 5.10. The highest BCUT2D eigenvalue weighted by Crippen LogP contribution is 2.13. The van der Waals surface area contributed by atoms with Gasteiger partial charge < -0.3 is 9.47 Å². The lowest BCUT2D eigenvalue weighted by molar-refractivity contribution is 0.0445. The molecule has 0 aliphatic rings. The Labute approximate surface area is 123 Å². The van der Waals surface area contributed by atoms with Gasteiger partial charge in [-0.05, 0) is 24.6 Å². The van der Waals surface area contributed by atoms with E-state index in [1.807, 2.05) is 30.3 Å². The highest BCUT2D eigenvalue weighted by atomic mass is 16.5. The van der Waals surface area contributed by atoms with Crippen molar-refractivity contribution in [2.45, 2.75) is 13.5 Å². The molecule has 0 saturated heterocycles. The lowest BCUT2D eigenvalue weighted by atomic mass is 10.1. The van der Waals surface area contributed by atoms with E-state index in [0.29, 0.717) is 0 Å². The van der Waals surface area contributed by atoms with Crippen molar-refractivity contribution in [1.29, 1.82) is 0 Å². The molecule has 4 nitrogen and oxygen atoms in total. The van der Waals surface area contributed by atoms with Gasteiger partial charge in [-0.15, -0.1) is 0 Å². The Bertz CT molecular complexity index is 620. The summed E-state index contributed by atoms with van der Waals surface area (Å²) in [6, 6.07) is 15.8. The minimum Gasteiger partial charge on any atom is -0.462 e. The highest BCUT2D eigenvalue weighted by Gasteiger charge is 2.18. The molecular weight excluding hydrogens is 268 g/mol. The van der Waals surface area contributed by atoms with E-state index < -0.39 is 11.9 Å². The molecule has 0 fully saturated rings. The molecule has 0 radical (unpaired) electrons. The molecule has 4 heteroatoms. The van der Waals surface area contributed by atoms with Crippen molar-refractivity contribution in [2.75, 3.05) is 6.61 Å². The fourth-order valence-electron chi connectivity index (χ4n) is 1.85. The van der Waals surface area contributed by atoms with Gasteiger partial charge in [0.2, 0.25) is 0 Å². The molecule has 0 bridgehead atoms. The molecule has 0 saturated carbocycles. The summed E-state index contributed by atoms with van der Waals surface area (Å²) >= 11 is 0. The monoisotopic (exact) mass is 284 g/mol. The van der Waals surface area contributed by atoms with Crippen LogP contribution in [0.4, 0.5) is 0 Å². The molecule has 2 aromatic rings. The Balaban J connectivity index is 2.10. The van der Waals surface area contributed by atoms with Crippen molar-refractivity contribution in [3.8, 4) is 0 Å².